The van der Waals surface area contributed by atoms with Gasteiger partial charge in [0.05, 0.1) is 20.7 Å². The monoisotopic (exact) mass is 408 g/mol. The Hall–Kier alpha value is -1.01. The summed E-state index contributed by atoms with van der Waals surface area (Å²) >= 11 is 21.2. The van der Waals surface area contributed by atoms with Gasteiger partial charge in [-0.2, -0.15) is 0 Å². The molecule has 2 rings (SSSR count). The molecule has 4 nitrogen and oxygen atoms in total. The van der Waals surface area contributed by atoms with Crippen molar-refractivity contribution in [3.05, 3.63) is 65.6 Å². The van der Waals surface area contributed by atoms with E-state index in [1.807, 2.05) is 0 Å². The third kappa shape index (κ3) is 4.01. The van der Waals surface area contributed by atoms with Gasteiger partial charge in [-0.3, -0.25) is 10.1 Å². The molecule has 0 fully saturated rings. The highest BCUT2D eigenvalue weighted by Crippen LogP contribution is 2.34. The maximum Gasteiger partial charge on any atom is 0.274 e. The molecule has 0 aromatic heterocycles. The molecular formula is C13H8BrCl3N2O2. The van der Waals surface area contributed by atoms with Crippen LogP contribution in [0.3, 0.4) is 0 Å². The minimum absolute atomic E-state index is 0.0203. The Labute approximate surface area is 144 Å². The van der Waals surface area contributed by atoms with E-state index in [1.54, 1.807) is 24.3 Å². The number of nitrogens with zero attached hydrogens (tertiary/aromatic N) is 1. The lowest BCUT2D eigenvalue weighted by Crippen LogP contribution is -2.04. The van der Waals surface area contributed by atoms with E-state index < -0.39 is 4.92 Å². The van der Waals surface area contributed by atoms with E-state index in [2.05, 4.69) is 21.2 Å². The average Bonchev–Trinajstić information content (AvgIpc) is 2.37. The van der Waals surface area contributed by atoms with Crippen LogP contribution in [0.5, 0.6) is 0 Å². The Balaban J connectivity index is 2.28. The first-order chi connectivity index (χ1) is 9.88. The van der Waals surface area contributed by atoms with Crippen LogP contribution < -0.4 is 5.32 Å². The Morgan fingerprint density at radius 1 is 1.14 bits per heavy atom. The van der Waals surface area contributed by atoms with Crippen molar-refractivity contribution < 1.29 is 4.92 Å². The van der Waals surface area contributed by atoms with Gasteiger partial charge >= 0.3 is 0 Å². The van der Waals surface area contributed by atoms with Gasteiger partial charge in [-0.25, -0.2) is 0 Å². The maximum atomic E-state index is 11.0. The summed E-state index contributed by atoms with van der Waals surface area (Å²) in [5.41, 5.74) is 1.01. The van der Waals surface area contributed by atoms with Crippen LogP contribution in [0.25, 0.3) is 0 Å². The van der Waals surface area contributed by atoms with E-state index in [0.717, 1.165) is 4.47 Å². The fourth-order valence-electron chi connectivity index (χ4n) is 1.77. The van der Waals surface area contributed by atoms with Crippen molar-refractivity contribution in [3.8, 4) is 0 Å². The quantitative estimate of drug-likeness (QED) is 0.502. The van der Waals surface area contributed by atoms with Gasteiger partial charge in [0.15, 0.2) is 0 Å². The zero-order valence-electron chi connectivity index (χ0n) is 10.4. The van der Waals surface area contributed by atoms with Crippen molar-refractivity contribution in [1.82, 2.24) is 0 Å². The molecule has 21 heavy (non-hydrogen) atoms. The van der Waals surface area contributed by atoms with Crippen molar-refractivity contribution in [2.75, 3.05) is 5.32 Å². The van der Waals surface area contributed by atoms with Crippen LogP contribution in [0.2, 0.25) is 15.1 Å². The highest BCUT2D eigenvalue weighted by molar-refractivity contribution is 9.10. The third-order valence-corrected chi connectivity index (χ3v) is 4.01. The summed E-state index contributed by atoms with van der Waals surface area (Å²) in [5.74, 6) is 0. The molecule has 0 amide bonds. The summed E-state index contributed by atoms with van der Waals surface area (Å²) in [4.78, 5) is 10.6. The lowest BCUT2D eigenvalue weighted by atomic mass is 10.1. The molecule has 8 heteroatoms. The number of rotatable bonds is 4. The fourth-order valence-corrected chi connectivity index (χ4v) is 3.13. The first-order valence-corrected chi connectivity index (χ1v) is 7.62. The number of benzene rings is 2. The molecule has 1 N–H and O–H groups in total. The van der Waals surface area contributed by atoms with E-state index in [1.165, 1.54) is 6.07 Å². The number of halogens is 4. The summed E-state index contributed by atoms with van der Waals surface area (Å²) in [6.07, 6.45) is 0. The van der Waals surface area contributed by atoms with Crippen LogP contribution in [-0.4, -0.2) is 4.92 Å². The normalized spacial score (nSPS) is 10.5. The minimum atomic E-state index is -0.436. The van der Waals surface area contributed by atoms with Crippen molar-refractivity contribution in [3.63, 3.8) is 0 Å². The number of nitro groups is 1. The summed E-state index contributed by atoms with van der Waals surface area (Å²) in [5, 5.41) is 15.1. The molecule has 2 aromatic rings. The van der Waals surface area contributed by atoms with Gasteiger partial charge in [0.1, 0.15) is 0 Å². The van der Waals surface area contributed by atoms with Crippen LogP contribution in [0.1, 0.15) is 5.56 Å². The summed E-state index contributed by atoms with van der Waals surface area (Å²) < 4.78 is 0.748. The first kappa shape index (κ1) is 16.4. The van der Waals surface area contributed by atoms with Crippen LogP contribution in [-0.2, 0) is 6.54 Å². The van der Waals surface area contributed by atoms with Crippen molar-refractivity contribution in [2.24, 2.45) is 0 Å². The Morgan fingerprint density at radius 3 is 2.33 bits per heavy atom. The highest BCUT2D eigenvalue weighted by Gasteiger charge is 2.15. The SMILES string of the molecule is O=[N+]([O-])c1ccc(Br)cc1CNc1c(Cl)cc(Cl)cc1Cl. The van der Waals surface area contributed by atoms with Crippen LogP contribution >= 0.6 is 50.7 Å². The van der Waals surface area contributed by atoms with Crippen LogP contribution in [0.15, 0.2) is 34.8 Å². The summed E-state index contributed by atoms with van der Waals surface area (Å²) in [7, 11) is 0. The minimum Gasteiger partial charge on any atom is -0.378 e. The molecule has 0 heterocycles. The molecule has 0 saturated heterocycles. The second-order valence-electron chi connectivity index (χ2n) is 4.13. The number of hydrogen-bond acceptors (Lipinski definition) is 3. The van der Waals surface area contributed by atoms with Crippen LogP contribution in [0, 0.1) is 10.1 Å². The van der Waals surface area contributed by atoms with Crippen LogP contribution in [0.4, 0.5) is 11.4 Å². The molecule has 0 radical (unpaired) electrons. The smallest absolute Gasteiger partial charge is 0.274 e. The predicted molar refractivity (Wildman–Crippen MR) is 89.6 cm³/mol. The molecule has 0 unspecified atom stereocenters. The Bertz CT molecular complexity index is 687. The number of hydrogen-bond donors (Lipinski definition) is 1. The zero-order chi connectivity index (χ0) is 15.6. The molecule has 0 aliphatic rings. The number of nitrogens with one attached hydrogen (secondary N) is 1. The molecular weight excluding hydrogens is 402 g/mol. The molecule has 0 aliphatic carbocycles. The Morgan fingerprint density at radius 2 is 1.76 bits per heavy atom. The standard InChI is InChI=1S/C13H8BrCl3N2O2/c14-8-1-2-12(19(20)21)7(3-8)6-18-13-10(16)4-9(15)5-11(13)17/h1-5,18H,6H2. The van der Waals surface area contributed by atoms with E-state index in [4.69, 9.17) is 34.8 Å². The zero-order valence-corrected chi connectivity index (χ0v) is 14.2. The molecule has 0 atom stereocenters. The number of nitro benzene ring substituents is 1. The predicted octanol–water partition coefficient (Wildman–Crippen LogP) is 5.93. The fraction of sp³-hybridized carbons (Fsp3) is 0.0769. The van der Waals surface area contributed by atoms with Gasteiger partial charge in [0.25, 0.3) is 5.69 Å². The second-order valence-corrected chi connectivity index (χ2v) is 6.29. The second kappa shape index (κ2) is 6.83. The first-order valence-electron chi connectivity index (χ1n) is 5.69. The molecule has 0 bridgehead atoms. The van der Waals surface area contributed by atoms with E-state index in [9.17, 15) is 10.1 Å². The van der Waals surface area contributed by atoms with Gasteiger partial charge < -0.3 is 5.32 Å². The van der Waals surface area contributed by atoms with Gasteiger partial charge in [0.2, 0.25) is 0 Å². The molecule has 0 aliphatic heterocycles. The van der Waals surface area contributed by atoms with Gasteiger partial charge in [0, 0.05) is 27.7 Å². The molecule has 0 spiro atoms. The molecule has 110 valence electrons. The van der Waals surface area contributed by atoms with Gasteiger partial charge in [-0.05, 0) is 24.3 Å². The largest absolute Gasteiger partial charge is 0.378 e. The lowest BCUT2D eigenvalue weighted by Gasteiger charge is -2.11. The molecule has 0 saturated carbocycles. The maximum absolute atomic E-state index is 11.0. The topological polar surface area (TPSA) is 55.2 Å². The van der Waals surface area contributed by atoms with Crippen molar-refractivity contribution >= 4 is 62.1 Å². The number of anilines is 1. The average molecular weight is 410 g/mol. The molecule has 2 aromatic carbocycles. The van der Waals surface area contributed by atoms with E-state index in [-0.39, 0.29) is 12.2 Å². The lowest BCUT2D eigenvalue weighted by molar-refractivity contribution is -0.385. The third-order valence-electron chi connectivity index (χ3n) is 2.70. The van der Waals surface area contributed by atoms with Gasteiger partial charge in [-0.15, -0.1) is 0 Å². The van der Waals surface area contributed by atoms with E-state index >= 15 is 0 Å². The highest BCUT2D eigenvalue weighted by atomic mass is 79.9. The van der Waals surface area contributed by atoms with E-state index in [0.29, 0.717) is 26.3 Å². The Kier molecular flexibility index (Phi) is 5.32. The van der Waals surface area contributed by atoms with Gasteiger partial charge in [-0.1, -0.05) is 50.7 Å². The summed E-state index contributed by atoms with van der Waals surface area (Å²) in [6, 6.07) is 7.82. The van der Waals surface area contributed by atoms with Crippen molar-refractivity contribution in [2.45, 2.75) is 6.54 Å². The van der Waals surface area contributed by atoms with Crippen molar-refractivity contribution in [1.29, 1.82) is 0 Å². The summed E-state index contributed by atoms with van der Waals surface area (Å²) in [6.45, 7) is 0.205.